The fraction of sp³-hybridized carbons (Fsp3) is 0.312. The Labute approximate surface area is 133 Å². The minimum atomic E-state index is 0.484. The molecular formula is C16H18N4OS. The molecule has 0 aliphatic carbocycles. The lowest BCUT2D eigenvalue weighted by Crippen LogP contribution is -2.06. The molecule has 0 amide bonds. The van der Waals surface area contributed by atoms with Gasteiger partial charge in [0.15, 0.2) is 0 Å². The molecule has 0 aliphatic rings. The fourth-order valence-electron chi connectivity index (χ4n) is 2.00. The van der Waals surface area contributed by atoms with E-state index in [1.165, 1.54) is 5.01 Å². The van der Waals surface area contributed by atoms with Crippen LogP contribution in [-0.4, -0.2) is 21.7 Å². The van der Waals surface area contributed by atoms with Crippen molar-refractivity contribution in [2.75, 3.05) is 11.9 Å². The predicted octanol–water partition coefficient (Wildman–Crippen LogP) is 3.97. The third-order valence-electron chi connectivity index (χ3n) is 3.17. The molecule has 3 rings (SSSR count). The lowest BCUT2D eigenvalue weighted by atomic mass is 10.2. The van der Waals surface area contributed by atoms with Crippen LogP contribution in [-0.2, 0) is 6.42 Å². The SMILES string of the molecule is CC(C)c1nc(CCNc2noc(-c3ccccc3)n2)cs1. The molecule has 2 aromatic heterocycles. The molecule has 0 unspecified atom stereocenters. The summed E-state index contributed by atoms with van der Waals surface area (Å²) in [4.78, 5) is 8.95. The maximum Gasteiger partial charge on any atom is 0.263 e. The van der Waals surface area contributed by atoms with Crippen molar-refractivity contribution in [3.63, 3.8) is 0 Å². The molecule has 6 heteroatoms. The van der Waals surface area contributed by atoms with Crippen LogP contribution >= 0.6 is 11.3 Å². The summed E-state index contributed by atoms with van der Waals surface area (Å²) in [6.07, 6.45) is 0.846. The normalized spacial score (nSPS) is 11.0. The summed E-state index contributed by atoms with van der Waals surface area (Å²) in [6.45, 7) is 5.05. The smallest absolute Gasteiger partial charge is 0.263 e. The Morgan fingerprint density at radius 2 is 2.00 bits per heavy atom. The van der Waals surface area contributed by atoms with E-state index in [1.807, 2.05) is 30.3 Å². The Hall–Kier alpha value is -2.21. The number of nitrogens with zero attached hydrogens (tertiary/aromatic N) is 3. The second kappa shape index (κ2) is 6.70. The van der Waals surface area contributed by atoms with Gasteiger partial charge in [-0.3, -0.25) is 0 Å². The van der Waals surface area contributed by atoms with Gasteiger partial charge < -0.3 is 9.84 Å². The maximum atomic E-state index is 5.25. The highest BCUT2D eigenvalue weighted by molar-refractivity contribution is 7.09. The van der Waals surface area contributed by atoms with Gasteiger partial charge in [-0.1, -0.05) is 32.0 Å². The minimum Gasteiger partial charge on any atom is -0.351 e. The van der Waals surface area contributed by atoms with Crippen LogP contribution in [0.5, 0.6) is 0 Å². The van der Waals surface area contributed by atoms with Crippen molar-refractivity contribution in [2.45, 2.75) is 26.2 Å². The number of nitrogens with one attached hydrogen (secondary N) is 1. The third kappa shape index (κ3) is 3.51. The first-order valence-electron chi connectivity index (χ1n) is 7.29. The third-order valence-corrected chi connectivity index (χ3v) is 4.37. The van der Waals surface area contributed by atoms with Gasteiger partial charge in [0.05, 0.1) is 10.7 Å². The summed E-state index contributed by atoms with van der Waals surface area (Å²) in [5, 5.41) is 10.4. The molecular weight excluding hydrogens is 296 g/mol. The summed E-state index contributed by atoms with van der Waals surface area (Å²) < 4.78 is 5.25. The summed E-state index contributed by atoms with van der Waals surface area (Å²) >= 11 is 1.72. The zero-order valence-corrected chi connectivity index (χ0v) is 13.4. The predicted molar refractivity (Wildman–Crippen MR) is 88.1 cm³/mol. The molecule has 0 radical (unpaired) electrons. The maximum absolute atomic E-state index is 5.25. The highest BCUT2D eigenvalue weighted by Gasteiger charge is 2.09. The van der Waals surface area contributed by atoms with E-state index in [4.69, 9.17) is 4.52 Å². The van der Waals surface area contributed by atoms with Crippen LogP contribution in [0.2, 0.25) is 0 Å². The van der Waals surface area contributed by atoms with Gasteiger partial charge in [0.1, 0.15) is 0 Å². The van der Waals surface area contributed by atoms with Gasteiger partial charge in [-0.2, -0.15) is 4.98 Å². The molecule has 5 nitrogen and oxygen atoms in total. The largest absolute Gasteiger partial charge is 0.351 e. The molecule has 0 atom stereocenters. The van der Waals surface area contributed by atoms with E-state index in [2.05, 4.69) is 39.7 Å². The topological polar surface area (TPSA) is 63.8 Å². The average molecular weight is 314 g/mol. The lowest BCUT2D eigenvalue weighted by molar-refractivity contribution is 0.432. The number of hydrogen-bond donors (Lipinski definition) is 1. The number of benzene rings is 1. The quantitative estimate of drug-likeness (QED) is 0.746. The van der Waals surface area contributed by atoms with Crippen molar-refractivity contribution >= 4 is 17.3 Å². The second-order valence-corrected chi connectivity index (χ2v) is 6.19. The first-order chi connectivity index (χ1) is 10.7. The Balaban J connectivity index is 1.55. The standard InChI is InChI=1S/C16H18N4OS/c1-11(2)15-18-13(10-22-15)8-9-17-16-19-14(21-20-16)12-6-4-3-5-7-12/h3-7,10-11H,8-9H2,1-2H3,(H,17,20). The van der Waals surface area contributed by atoms with Gasteiger partial charge in [-0.05, 0) is 17.3 Å². The lowest BCUT2D eigenvalue weighted by Gasteiger charge is -1.99. The van der Waals surface area contributed by atoms with Crippen LogP contribution in [0.3, 0.4) is 0 Å². The van der Waals surface area contributed by atoms with Crippen LogP contribution < -0.4 is 5.32 Å². The first kappa shape index (κ1) is 14.7. The molecule has 2 heterocycles. The number of thiazole rings is 1. The summed E-state index contributed by atoms with van der Waals surface area (Å²) in [7, 11) is 0. The highest BCUT2D eigenvalue weighted by Crippen LogP contribution is 2.20. The minimum absolute atomic E-state index is 0.484. The number of aromatic nitrogens is 3. The van der Waals surface area contributed by atoms with Crippen LogP contribution in [0, 0.1) is 0 Å². The summed E-state index contributed by atoms with van der Waals surface area (Å²) in [5.41, 5.74) is 2.03. The zero-order valence-electron chi connectivity index (χ0n) is 12.6. The molecule has 0 fully saturated rings. The fourth-order valence-corrected chi connectivity index (χ4v) is 2.87. The van der Waals surface area contributed by atoms with Gasteiger partial charge in [0.25, 0.3) is 11.8 Å². The van der Waals surface area contributed by atoms with Crippen LogP contribution in [0.15, 0.2) is 40.2 Å². The van der Waals surface area contributed by atoms with Crippen molar-refractivity contribution in [1.82, 2.24) is 15.1 Å². The molecule has 0 saturated carbocycles. The van der Waals surface area contributed by atoms with Crippen molar-refractivity contribution in [3.8, 4) is 11.5 Å². The Bertz CT molecular complexity index is 721. The Kier molecular flexibility index (Phi) is 4.48. The molecule has 0 saturated heterocycles. The van der Waals surface area contributed by atoms with E-state index in [1.54, 1.807) is 11.3 Å². The Morgan fingerprint density at radius 1 is 1.18 bits per heavy atom. The molecule has 1 N–H and O–H groups in total. The average Bonchev–Trinajstić information content (AvgIpc) is 3.18. The molecule has 0 aliphatic heterocycles. The summed E-state index contributed by atoms with van der Waals surface area (Å²) in [6, 6.07) is 9.74. The van der Waals surface area contributed by atoms with Gasteiger partial charge in [0, 0.05) is 29.8 Å². The molecule has 114 valence electrons. The van der Waals surface area contributed by atoms with Gasteiger partial charge in [-0.25, -0.2) is 4.98 Å². The molecule has 1 aromatic carbocycles. The molecule has 3 aromatic rings. The van der Waals surface area contributed by atoms with E-state index >= 15 is 0 Å². The molecule has 0 spiro atoms. The van der Waals surface area contributed by atoms with Gasteiger partial charge >= 0.3 is 0 Å². The van der Waals surface area contributed by atoms with Crippen LogP contribution in [0.25, 0.3) is 11.5 Å². The van der Waals surface area contributed by atoms with Crippen LogP contribution in [0.4, 0.5) is 5.95 Å². The number of anilines is 1. The van der Waals surface area contributed by atoms with Crippen molar-refractivity contribution in [2.24, 2.45) is 0 Å². The summed E-state index contributed by atoms with van der Waals surface area (Å²) in [5.74, 6) is 1.52. The highest BCUT2D eigenvalue weighted by atomic mass is 32.1. The zero-order chi connectivity index (χ0) is 15.4. The van der Waals surface area contributed by atoms with E-state index in [0.29, 0.717) is 17.8 Å². The van der Waals surface area contributed by atoms with Crippen LogP contribution in [0.1, 0.15) is 30.5 Å². The monoisotopic (exact) mass is 314 g/mol. The first-order valence-corrected chi connectivity index (χ1v) is 8.17. The Morgan fingerprint density at radius 3 is 2.73 bits per heavy atom. The van der Waals surface area contributed by atoms with E-state index in [0.717, 1.165) is 24.2 Å². The van der Waals surface area contributed by atoms with Crippen molar-refractivity contribution in [1.29, 1.82) is 0 Å². The van der Waals surface area contributed by atoms with Crippen molar-refractivity contribution < 1.29 is 4.52 Å². The van der Waals surface area contributed by atoms with E-state index in [-0.39, 0.29) is 0 Å². The van der Waals surface area contributed by atoms with E-state index < -0.39 is 0 Å². The van der Waals surface area contributed by atoms with Gasteiger partial charge in [0.2, 0.25) is 0 Å². The van der Waals surface area contributed by atoms with Crippen molar-refractivity contribution in [3.05, 3.63) is 46.4 Å². The second-order valence-electron chi connectivity index (χ2n) is 5.30. The number of hydrogen-bond acceptors (Lipinski definition) is 6. The molecule has 22 heavy (non-hydrogen) atoms. The van der Waals surface area contributed by atoms with Gasteiger partial charge in [-0.15, -0.1) is 11.3 Å². The number of rotatable bonds is 6. The van der Waals surface area contributed by atoms with E-state index in [9.17, 15) is 0 Å². The molecule has 0 bridgehead atoms.